The van der Waals surface area contributed by atoms with Crippen LogP contribution in [0.2, 0.25) is 4.34 Å². The molecule has 2 aromatic rings. The summed E-state index contributed by atoms with van der Waals surface area (Å²) in [5.41, 5.74) is 3.51. The zero-order valence-corrected chi connectivity index (χ0v) is 12.7. The number of likely N-dealkylation sites (N-methyl/N-ethyl adjacent to an activating group) is 1. The minimum atomic E-state index is -0.106. The quantitative estimate of drug-likeness (QED) is 0.918. The van der Waals surface area contributed by atoms with E-state index in [0.29, 0.717) is 9.21 Å². The highest BCUT2D eigenvalue weighted by Gasteiger charge is 2.14. The average Bonchev–Trinajstić information content (AvgIpc) is 2.85. The van der Waals surface area contributed by atoms with E-state index < -0.39 is 0 Å². The van der Waals surface area contributed by atoms with Crippen LogP contribution in [-0.2, 0) is 13.0 Å². The van der Waals surface area contributed by atoms with Gasteiger partial charge in [0, 0.05) is 18.8 Å². The highest BCUT2D eigenvalue weighted by molar-refractivity contribution is 7.18. The minimum absolute atomic E-state index is 0.106. The first-order chi connectivity index (χ1) is 9.61. The molecule has 1 aromatic carbocycles. The summed E-state index contributed by atoms with van der Waals surface area (Å²) in [6.07, 6.45) is 1.07. The molecule has 1 N–H and O–H groups in total. The molecule has 3 nitrogen and oxygen atoms in total. The van der Waals surface area contributed by atoms with Crippen molar-refractivity contribution in [2.75, 3.05) is 18.9 Å². The number of amides is 1. The van der Waals surface area contributed by atoms with Gasteiger partial charge in [-0.05, 0) is 48.9 Å². The molecule has 0 fully saturated rings. The van der Waals surface area contributed by atoms with Gasteiger partial charge >= 0.3 is 0 Å². The first-order valence-corrected chi connectivity index (χ1v) is 7.68. The second-order valence-electron chi connectivity index (χ2n) is 5.03. The van der Waals surface area contributed by atoms with Gasteiger partial charge in [0.05, 0.1) is 9.21 Å². The van der Waals surface area contributed by atoms with Crippen LogP contribution < -0.4 is 5.32 Å². The van der Waals surface area contributed by atoms with E-state index >= 15 is 0 Å². The summed E-state index contributed by atoms with van der Waals surface area (Å²) in [4.78, 5) is 15.0. The SMILES string of the molecule is CN1CCc2ccc(NC(=O)c3ccc(Cl)s3)cc2C1. The molecule has 0 unspecified atom stereocenters. The van der Waals surface area contributed by atoms with Crippen LogP contribution in [0.4, 0.5) is 5.69 Å². The molecular formula is C15H15ClN2OS. The van der Waals surface area contributed by atoms with Crippen molar-refractivity contribution >= 4 is 34.5 Å². The molecule has 5 heteroatoms. The van der Waals surface area contributed by atoms with Crippen LogP contribution in [-0.4, -0.2) is 24.4 Å². The maximum atomic E-state index is 12.1. The number of nitrogens with one attached hydrogen (secondary N) is 1. The summed E-state index contributed by atoms with van der Waals surface area (Å²) < 4.78 is 0.627. The number of hydrogen-bond acceptors (Lipinski definition) is 3. The van der Waals surface area contributed by atoms with Crippen LogP contribution in [0, 0.1) is 0 Å². The lowest BCUT2D eigenvalue weighted by Gasteiger charge is -2.25. The van der Waals surface area contributed by atoms with E-state index in [-0.39, 0.29) is 5.91 Å². The molecule has 1 aliphatic rings. The number of anilines is 1. The summed E-state index contributed by atoms with van der Waals surface area (Å²) in [6.45, 7) is 2.02. The van der Waals surface area contributed by atoms with E-state index in [1.54, 1.807) is 12.1 Å². The second-order valence-corrected chi connectivity index (χ2v) is 6.74. The number of carbonyl (C=O) groups excluding carboxylic acids is 1. The summed E-state index contributed by atoms with van der Waals surface area (Å²) in [6, 6.07) is 9.63. The second kappa shape index (κ2) is 5.56. The lowest BCUT2D eigenvalue weighted by atomic mass is 9.99. The molecule has 0 saturated heterocycles. The Balaban J connectivity index is 1.78. The Hall–Kier alpha value is -1.36. The highest BCUT2D eigenvalue weighted by atomic mass is 35.5. The van der Waals surface area contributed by atoms with E-state index in [0.717, 1.165) is 25.2 Å². The van der Waals surface area contributed by atoms with Gasteiger partial charge in [0.2, 0.25) is 0 Å². The smallest absolute Gasteiger partial charge is 0.265 e. The summed E-state index contributed by atoms with van der Waals surface area (Å²) >= 11 is 7.14. The molecule has 3 rings (SSSR count). The highest BCUT2D eigenvalue weighted by Crippen LogP contribution is 2.24. The van der Waals surface area contributed by atoms with E-state index in [1.165, 1.54) is 22.5 Å². The number of nitrogens with zero attached hydrogens (tertiary/aromatic N) is 1. The van der Waals surface area contributed by atoms with Gasteiger partial charge in [-0.15, -0.1) is 11.3 Å². The molecule has 1 aliphatic heterocycles. The maximum Gasteiger partial charge on any atom is 0.265 e. The van der Waals surface area contributed by atoms with Crippen molar-refractivity contribution < 1.29 is 4.79 Å². The summed E-state index contributed by atoms with van der Waals surface area (Å²) in [7, 11) is 2.11. The van der Waals surface area contributed by atoms with Gasteiger partial charge in [-0.3, -0.25) is 4.79 Å². The van der Waals surface area contributed by atoms with Gasteiger partial charge in [-0.2, -0.15) is 0 Å². The molecule has 0 saturated carbocycles. The Bertz CT molecular complexity index is 653. The minimum Gasteiger partial charge on any atom is -0.321 e. The number of carbonyl (C=O) groups is 1. The van der Waals surface area contributed by atoms with E-state index in [9.17, 15) is 4.79 Å². The normalized spacial score (nSPS) is 14.9. The zero-order valence-electron chi connectivity index (χ0n) is 11.1. The van der Waals surface area contributed by atoms with Gasteiger partial charge in [-0.25, -0.2) is 0 Å². The monoisotopic (exact) mass is 306 g/mol. The molecular weight excluding hydrogens is 292 g/mol. The third-order valence-electron chi connectivity index (χ3n) is 3.46. The van der Waals surface area contributed by atoms with Gasteiger partial charge in [0.25, 0.3) is 5.91 Å². The van der Waals surface area contributed by atoms with Gasteiger partial charge in [-0.1, -0.05) is 17.7 Å². The number of rotatable bonds is 2. The number of thiophene rings is 1. The third kappa shape index (κ3) is 2.87. The summed E-state index contributed by atoms with van der Waals surface area (Å²) in [5.74, 6) is -0.106. The Morgan fingerprint density at radius 2 is 2.15 bits per heavy atom. The van der Waals surface area contributed by atoms with Crippen LogP contribution in [0.5, 0.6) is 0 Å². The van der Waals surface area contributed by atoms with Crippen molar-refractivity contribution in [3.8, 4) is 0 Å². The Morgan fingerprint density at radius 1 is 1.30 bits per heavy atom. The molecule has 0 spiro atoms. The van der Waals surface area contributed by atoms with Crippen molar-refractivity contribution in [2.24, 2.45) is 0 Å². The van der Waals surface area contributed by atoms with Crippen molar-refractivity contribution in [2.45, 2.75) is 13.0 Å². The molecule has 1 amide bonds. The molecule has 2 heterocycles. The van der Waals surface area contributed by atoms with Crippen LogP contribution in [0.15, 0.2) is 30.3 Å². The maximum absolute atomic E-state index is 12.1. The Morgan fingerprint density at radius 3 is 2.90 bits per heavy atom. The standard InChI is InChI=1S/C15H15ClN2OS/c1-18-7-6-10-2-3-12(8-11(10)9-18)17-15(19)13-4-5-14(16)20-13/h2-5,8H,6-7,9H2,1H3,(H,17,19). The lowest BCUT2D eigenvalue weighted by molar-refractivity contribution is 0.103. The molecule has 0 aliphatic carbocycles. The molecule has 1 aromatic heterocycles. The average molecular weight is 307 g/mol. The van der Waals surface area contributed by atoms with Gasteiger partial charge in [0.15, 0.2) is 0 Å². The zero-order chi connectivity index (χ0) is 14.1. The number of halogens is 1. The van der Waals surface area contributed by atoms with Crippen molar-refractivity contribution in [1.82, 2.24) is 4.90 Å². The molecule has 20 heavy (non-hydrogen) atoms. The predicted molar refractivity (Wildman–Crippen MR) is 83.8 cm³/mol. The van der Waals surface area contributed by atoms with Crippen LogP contribution in [0.25, 0.3) is 0 Å². The number of benzene rings is 1. The fourth-order valence-electron chi connectivity index (χ4n) is 2.40. The predicted octanol–water partition coefficient (Wildman–Crippen LogP) is 3.64. The fourth-order valence-corrected chi connectivity index (χ4v) is 3.34. The largest absolute Gasteiger partial charge is 0.321 e. The third-order valence-corrected chi connectivity index (χ3v) is 4.69. The number of fused-ring (bicyclic) bond motifs is 1. The van der Waals surface area contributed by atoms with Crippen LogP contribution >= 0.6 is 22.9 Å². The molecule has 0 bridgehead atoms. The first kappa shape index (κ1) is 13.6. The first-order valence-electron chi connectivity index (χ1n) is 6.49. The molecule has 0 radical (unpaired) electrons. The molecule has 104 valence electrons. The van der Waals surface area contributed by atoms with E-state index in [1.807, 2.05) is 6.07 Å². The van der Waals surface area contributed by atoms with Crippen molar-refractivity contribution in [3.05, 3.63) is 50.7 Å². The fraction of sp³-hybridized carbons (Fsp3) is 0.267. The van der Waals surface area contributed by atoms with Gasteiger partial charge in [0.1, 0.15) is 0 Å². The Labute approximate surface area is 127 Å². The van der Waals surface area contributed by atoms with Crippen LogP contribution in [0.3, 0.4) is 0 Å². The van der Waals surface area contributed by atoms with Crippen molar-refractivity contribution in [3.63, 3.8) is 0 Å². The van der Waals surface area contributed by atoms with E-state index in [2.05, 4.69) is 29.4 Å². The molecule has 0 atom stereocenters. The Kier molecular flexibility index (Phi) is 3.78. The number of hydrogen-bond donors (Lipinski definition) is 1. The van der Waals surface area contributed by atoms with Gasteiger partial charge < -0.3 is 10.2 Å². The lowest BCUT2D eigenvalue weighted by Crippen LogP contribution is -2.26. The van der Waals surface area contributed by atoms with Crippen molar-refractivity contribution in [1.29, 1.82) is 0 Å². The van der Waals surface area contributed by atoms with Crippen LogP contribution in [0.1, 0.15) is 20.8 Å². The topological polar surface area (TPSA) is 32.3 Å². The van der Waals surface area contributed by atoms with E-state index in [4.69, 9.17) is 11.6 Å². The summed E-state index contributed by atoms with van der Waals surface area (Å²) in [5, 5.41) is 2.93.